The smallest absolute Gasteiger partial charge is 0.188 e. The lowest BCUT2D eigenvalue weighted by molar-refractivity contribution is 0.125. The number of nitrogens with zero attached hydrogens (tertiary/aromatic N) is 1. The Labute approximate surface area is 114 Å². The SMILES string of the molecule is CCCN=C(N)NCCOCc1ccc(OC)cc1. The van der Waals surface area contributed by atoms with E-state index < -0.39 is 0 Å². The van der Waals surface area contributed by atoms with Crippen LogP contribution >= 0.6 is 0 Å². The molecule has 5 heteroatoms. The Morgan fingerprint density at radius 1 is 1.32 bits per heavy atom. The second kappa shape index (κ2) is 9.22. The third kappa shape index (κ3) is 6.67. The van der Waals surface area contributed by atoms with Gasteiger partial charge in [-0.25, -0.2) is 0 Å². The van der Waals surface area contributed by atoms with E-state index in [1.165, 1.54) is 0 Å². The molecule has 0 bridgehead atoms. The van der Waals surface area contributed by atoms with Crippen molar-refractivity contribution in [2.75, 3.05) is 26.8 Å². The summed E-state index contributed by atoms with van der Waals surface area (Å²) >= 11 is 0. The minimum atomic E-state index is 0.481. The molecule has 0 aromatic heterocycles. The van der Waals surface area contributed by atoms with Crippen molar-refractivity contribution in [2.24, 2.45) is 10.7 Å². The minimum absolute atomic E-state index is 0.481. The predicted octanol–water partition coefficient (Wildman–Crippen LogP) is 1.53. The highest BCUT2D eigenvalue weighted by atomic mass is 16.5. The zero-order valence-corrected chi connectivity index (χ0v) is 11.7. The number of rotatable bonds is 8. The maximum atomic E-state index is 5.65. The van der Waals surface area contributed by atoms with Gasteiger partial charge in [0.15, 0.2) is 5.96 Å². The van der Waals surface area contributed by atoms with Gasteiger partial charge < -0.3 is 20.5 Å². The van der Waals surface area contributed by atoms with Gasteiger partial charge in [-0.2, -0.15) is 0 Å². The molecule has 0 saturated carbocycles. The molecule has 5 nitrogen and oxygen atoms in total. The second-order valence-electron chi connectivity index (χ2n) is 4.09. The lowest BCUT2D eigenvalue weighted by Gasteiger charge is -2.07. The Kier molecular flexibility index (Phi) is 7.43. The molecule has 0 fully saturated rings. The number of nitrogens with one attached hydrogen (secondary N) is 1. The fourth-order valence-electron chi connectivity index (χ4n) is 1.45. The van der Waals surface area contributed by atoms with Crippen LogP contribution in [0.2, 0.25) is 0 Å². The number of benzene rings is 1. The zero-order valence-electron chi connectivity index (χ0n) is 11.7. The molecule has 0 aliphatic rings. The third-order valence-corrected chi connectivity index (χ3v) is 2.49. The van der Waals surface area contributed by atoms with Crippen LogP contribution in [0.4, 0.5) is 0 Å². The van der Waals surface area contributed by atoms with E-state index in [-0.39, 0.29) is 0 Å². The molecule has 0 saturated heterocycles. The Morgan fingerprint density at radius 3 is 2.68 bits per heavy atom. The summed E-state index contributed by atoms with van der Waals surface area (Å²) in [7, 11) is 1.65. The van der Waals surface area contributed by atoms with Gasteiger partial charge in [-0.15, -0.1) is 0 Å². The Hall–Kier alpha value is -1.75. The average Bonchev–Trinajstić information content (AvgIpc) is 2.45. The number of aliphatic imine (C=N–C) groups is 1. The predicted molar refractivity (Wildman–Crippen MR) is 77.4 cm³/mol. The number of hydrogen-bond acceptors (Lipinski definition) is 3. The van der Waals surface area contributed by atoms with Gasteiger partial charge in [0.25, 0.3) is 0 Å². The van der Waals surface area contributed by atoms with Gasteiger partial charge in [-0.1, -0.05) is 19.1 Å². The number of ether oxygens (including phenoxy) is 2. The first-order chi connectivity index (χ1) is 9.26. The van der Waals surface area contributed by atoms with E-state index in [9.17, 15) is 0 Å². The standard InChI is InChI=1S/C14H23N3O2/c1-3-8-16-14(15)17-9-10-19-11-12-4-6-13(18-2)7-5-12/h4-7H,3,8-11H2,1-2H3,(H3,15,16,17). The summed E-state index contributed by atoms with van der Waals surface area (Å²) in [4.78, 5) is 4.13. The number of methoxy groups -OCH3 is 1. The quantitative estimate of drug-likeness (QED) is 0.425. The van der Waals surface area contributed by atoms with Crippen LogP contribution in [0.1, 0.15) is 18.9 Å². The van der Waals surface area contributed by atoms with Gasteiger partial charge in [-0.05, 0) is 24.1 Å². The average molecular weight is 265 g/mol. The number of hydrogen-bond donors (Lipinski definition) is 2. The summed E-state index contributed by atoms with van der Waals surface area (Å²) in [6, 6.07) is 7.82. The van der Waals surface area contributed by atoms with Crippen molar-refractivity contribution in [3.63, 3.8) is 0 Å². The van der Waals surface area contributed by atoms with E-state index in [0.717, 1.165) is 24.3 Å². The molecule has 0 amide bonds. The molecule has 19 heavy (non-hydrogen) atoms. The van der Waals surface area contributed by atoms with Gasteiger partial charge >= 0.3 is 0 Å². The van der Waals surface area contributed by atoms with Crippen LogP contribution < -0.4 is 15.8 Å². The molecule has 0 heterocycles. The molecule has 0 spiro atoms. The molecule has 1 rings (SSSR count). The van der Waals surface area contributed by atoms with Crippen LogP contribution in [-0.2, 0) is 11.3 Å². The summed E-state index contributed by atoms with van der Waals surface area (Å²) in [5.41, 5.74) is 6.77. The lowest BCUT2D eigenvalue weighted by atomic mass is 10.2. The fourth-order valence-corrected chi connectivity index (χ4v) is 1.45. The van der Waals surface area contributed by atoms with Crippen molar-refractivity contribution in [3.8, 4) is 5.75 Å². The van der Waals surface area contributed by atoms with E-state index in [1.54, 1.807) is 7.11 Å². The highest BCUT2D eigenvalue weighted by Gasteiger charge is 1.95. The first-order valence-corrected chi connectivity index (χ1v) is 6.50. The van der Waals surface area contributed by atoms with Crippen LogP contribution in [0.25, 0.3) is 0 Å². The highest BCUT2D eigenvalue weighted by molar-refractivity contribution is 5.77. The topological polar surface area (TPSA) is 68.9 Å². The molecule has 0 unspecified atom stereocenters. The first kappa shape index (κ1) is 15.3. The molecule has 1 aromatic rings. The number of guanidine groups is 1. The van der Waals surface area contributed by atoms with Crippen LogP contribution in [0.15, 0.2) is 29.3 Å². The van der Waals surface area contributed by atoms with E-state index in [1.807, 2.05) is 24.3 Å². The summed E-state index contributed by atoms with van der Waals surface area (Å²) in [6.45, 7) is 4.65. The van der Waals surface area contributed by atoms with Crippen molar-refractivity contribution >= 4 is 5.96 Å². The monoisotopic (exact) mass is 265 g/mol. The van der Waals surface area contributed by atoms with Crippen molar-refractivity contribution in [1.29, 1.82) is 0 Å². The largest absolute Gasteiger partial charge is 0.497 e. The Bertz CT molecular complexity index is 377. The zero-order chi connectivity index (χ0) is 13.9. The van der Waals surface area contributed by atoms with Crippen LogP contribution in [0, 0.1) is 0 Å². The molecular weight excluding hydrogens is 242 g/mol. The van der Waals surface area contributed by atoms with E-state index in [0.29, 0.717) is 25.7 Å². The molecular formula is C14H23N3O2. The van der Waals surface area contributed by atoms with Gasteiger partial charge in [0.2, 0.25) is 0 Å². The molecule has 1 aromatic carbocycles. The molecule has 0 atom stereocenters. The maximum absolute atomic E-state index is 5.65. The normalized spacial score (nSPS) is 11.4. The van der Waals surface area contributed by atoms with Crippen LogP contribution in [-0.4, -0.2) is 32.8 Å². The molecule has 0 radical (unpaired) electrons. The summed E-state index contributed by atoms with van der Waals surface area (Å²) in [5.74, 6) is 1.33. The molecule has 106 valence electrons. The first-order valence-electron chi connectivity index (χ1n) is 6.50. The van der Waals surface area contributed by atoms with E-state index in [4.69, 9.17) is 15.2 Å². The third-order valence-electron chi connectivity index (χ3n) is 2.49. The fraction of sp³-hybridized carbons (Fsp3) is 0.500. The van der Waals surface area contributed by atoms with Gasteiger partial charge in [0.05, 0.1) is 20.3 Å². The van der Waals surface area contributed by atoms with Crippen LogP contribution in [0.5, 0.6) is 5.75 Å². The van der Waals surface area contributed by atoms with Gasteiger partial charge in [0, 0.05) is 13.1 Å². The highest BCUT2D eigenvalue weighted by Crippen LogP contribution is 2.11. The van der Waals surface area contributed by atoms with Gasteiger partial charge in [0.1, 0.15) is 5.75 Å². The minimum Gasteiger partial charge on any atom is -0.497 e. The molecule has 3 N–H and O–H groups in total. The molecule has 0 aliphatic heterocycles. The summed E-state index contributed by atoms with van der Waals surface area (Å²) in [6.07, 6.45) is 0.996. The summed E-state index contributed by atoms with van der Waals surface area (Å²) in [5, 5.41) is 3.00. The van der Waals surface area contributed by atoms with E-state index in [2.05, 4.69) is 17.2 Å². The number of nitrogens with two attached hydrogens (primary N) is 1. The van der Waals surface area contributed by atoms with Crippen molar-refractivity contribution in [1.82, 2.24) is 5.32 Å². The van der Waals surface area contributed by atoms with Crippen molar-refractivity contribution in [2.45, 2.75) is 20.0 Å². The van der Waals surface area contributed by atoms with Crippen molar-refractivity contribution in [3.05, 3.63) is 29.8 Å². The van der Waals surface area contributed by atoms with E-state index >= 15 is 0 Å². The lowest BCUT2D eigenvalue weighted by Crippen LogP contribution is -2.34. The van der Waals surface area contributed by atoms with Crippen LogP contribution in [0.3, 0.4) is 0 Å². The molecule has 0 aliphatic carbocycles. The van der Waals surface area contributed by atoms with Gasteiger partial charge in [-0.3, -0.25) is 4.99 Å². The maximum Gasteiger partial charge on any atom is 0.188 e. The van der Waals surface area contributed by atoms with Crippen molar-refractivity contribution < 1.29 is 9.47 Å². The summed E-state index contributed by atoms with van der Waals surface area (Å²) < 4.78 is 10.6. The Balaban J connectivity index is 2.13. The Morgan fingerprint density at radius 2 is 2.05 bits per heavy atom. The second-order valence-corrected chi connectivity index (χ2v) is 4.09.